The van der Waals surface area contributed by atoms with E-state index in [1.807, 2.05) is 26.8 Å². The van der Waals surface area contributed by atoms with Crippen LogP contribution in [0.1, 0.15) is 78.6 Å². The first-order valence-corrected chi connectivity index (χ1v) is 9.08. The molecular weight excluding hydrogens is 292 g/mol. The number of hydrogen-bond donors (Lipinski definition) is 0. The zero-order valence-electron chi connectivity index (χ0n) is 14.9. The molecule has 0 amide bonds. The number of ketones is 1. The molecule has 0 N–H and O–H groups in total. The largest absolute Gasteiger partial charge is 0.466 e. The first-order valence-electron chi connectivity index (χ1n) is 9.08. The van der Waals surface area contributed by atoms with Gasteiger partial charge >= 0.3 is 5.97 Å². The number of carbonyl (C=O) groups excluding carboxylic acids is 2. The summed E-state index contributed by atoms with van der Waals surface area (Å²) in [5.74, 6) is 0.169. The highest BCUT2D eigenvalue weighted by atomic mass is 16.5. The van der Waals surface area contributed by atoms with E-state index in [1.165, 1.54) is 0 Å². The van der Waals surface area contributed by atoms with Gasteiger partial charge in [-0.15, -0.1) is 0 Å². The van der Waals surface area contributed by atoms with Gasteiger partial charge in [-0.25, -0.2) is 0 Å². The van der Waals surface area contributed by atoms with Crippen LogP contribution in [0.25, 0.3) is 0 Å². The predicted octanol–water partition coefficient (Wildman–Crippen LogP) is 4.36. The second-order valence-electron chi connectivity index (χ2n) is 6.47. The number of allylic oxidation sites excluding steroid dienone is 1. The van der Waals surface area contributed by atoms with Gasteiger partial charge in [-0.05, 0) is 51.7 Å². The number of carbonyl (C=O) groups is 2. The molecule has 0 fully saturated rings. The molecule has 132 valence electrons. The summed E-state index contributed by atoms with van der Waals surface area (Å²) in [6, 6.07) is 0. The lowest BCUT2D eigenvalue weighted by Crippen LogP contribution is -2.14. The Labute approximate surface area is 140 Å². The van der Waals surface area contributed by atoms with Crippen LogP contribution in [0.15, 0.2) is 11.6 Å². The number of unbranched alkanes of at least 4 members (excludes halogenated alkanes) is 5. The normalized spacial score (nSPS) is 17.7. The van der Waals surface area contributed by atoms with Crippen molar-refractivity contribution >= 4 is 11.8 Å². The molecule has 1 unspecified atom stereocenters. The minimum atomic E-state index is -0.0858. The molecule has 0 saturated heterocycles. The van der Waals surface area contributed by atoms with Crippen molar-refractivity contribution in [2.24, 2.45) is 0 Å². The molecule has 0 aromatic rings. The summed E-state index contributed by atoms with van der Waals surface area (Å²) in [6.45, 7) is 6.30. The lowest BCUT2D eigenvalue weighted by atomic mass is 10.0. The number of Topliss-reactive ketones (excluding diaryl/α,β-unsaturated/α-hetero) is 1. The van der Waals surface area contributed by atoms with E-state index in [1.54, 1.807) is 0 Å². The van der Waals surface area contributed by atoms with Gasteiger partial charge in [0.1, 0.15) is 0 Å². The van der Waals surface area contributed by atoms with E-state index in [-0.39, 0.29) is 24.0 Å². The molecule has 1 atom stereocenters. The molecule has 0 spiro atoms. The summed E-state index contributed by atoms with van der Waals surface area (Å²) in [6.07, 6.45) is 10.6. The van der Waals surface area contributed by atoms with Gasteiger partial charge in [-0.1, -0.05) is 25.7 Å². The third kappa shape index (κ3) is 8.89. The molecule has 23 heavy (non-hydrogen) atoms. The highest BCUT2D eigenvalue weighted by molar-refractivity contribution is 5.98. The van der Waals surface area contributed by atoms with Crippen LogP contribution in [-0.2, 0) is 19.1 Å². The summed E-state index contributed by atoms with van der Waals surface area (Å²) >= 11 is 0. The Kier molecular flexibility index (Phi) is 9.85. The van der Waals surface area contributed by atoms with E-state index in [0.29, 0.717) is 19.4 Å². The minimum absolute atomic E-state index is 0.0135. The Morgan fingerprint density at radius 1 is 1.17 bits per heavy atom. The Morgan fingerprint density at radius 3 is 2.48 bits per heavy atom. The summed E-state index contributed by atoms with van der Waals surface area (Å²) in [5, 5.41) is 0. The second kappa shape index (κ2) is 11.4. The SMILES string of the molecule is CCOC(=O)CCCCCCCCC1=CC(OC(C)C)CC1=O. The Balaban J connectivity index is 2.02. The fourth-order valence-electron chi connectivity index (χ4n) is 2.87. The molecule has 0 aromatic heterocycles. The van der Waals surface area contributed by atoms with Crippen molar-refractivity contribution in [3.63, 3.8) is 0 Å². The fourth-order valence-corrected chi connectivity index (χ4v) is 2.87. The van der Waals surface area contributed by atoms with Gasteiger partial charge < -0.3 is 9.47 Å². The average molecular weight is 324 g/mol. The van der Waals surface area contributed by atoms with Gasteiger partial charge in [-0.3, -0.25) is 9.59 Å². The van der Waals surface area contributed by atoms with E-state index in [4.69, 9.17) is 9.47 Å². The molecule has 1 rings (SSSR count). The molecule has 1 aliphatic rings. The van der Waals surface area contributed by atoms with Crippen LogP contribution in [0, 0.1) is 0 Å². The predicted molar refractivity (Wildman–Crippen MR) is 91.3 cm³/mol. The van der Waals surface area contributed by atoms with Crippen molar-refractivity contribution in [1.82, 2.24) is 0 Å². The Morgan fingerprint density at radius 2 is 1.83 bits per heavy atom. The summed E-state index contributed by atoms with van der Waals surface area (Å²) < 4.78 is 10.6. The number of ether oxygens (including phenoxy) is 2. The van der Waals surface area contributed by atoms with Crippen LogP contribution in [-0.4, -0.2) is 30.6 Å². The van der Waals surface area contributed by atoms with E-state index < -0.39 is 0 Å². The Bertz CT molecular complexity index is 398. The zero-order valence-corrected chi connectivity index (χ0v) is 14.9. The maximum absolute atomic E-state index is 11.9. The van der Waals surface area contributed by atoms with Crippen molar-refractivity contribution in [3.05, 3.63) is 11.6 Å². The zero-order chi connectivity index (χ0) is 17.1. The summed E-state index contributed by atoms with van der Waals surface area (Å²) in [4.78, 5) is 23.1. The minimum Gasteiger partial charge on any atom is -0.466 e. The first-order chi connectivity index (χ1) is 11.0. The van der Waals surface area contributed by atoms with E-state index in [2.05, 4.69) is 0 Å². The molecule has 0 heterocycles. The number of esters is 1. The quantitative estimate of drug-likeness (QED) is 0.395. The van der Waals surface area contributed by atoms with Gasteiger partial charge in [-0.2, -0.15) is 0 Å². The van der Waals surface area contributed by atoms with Gasteiger partial charge in [0.25, 0.3) is 0 Å². The van der Waals surface area contributed by atoms with Gasteiger partial charge in [0.2, 0.25) is 0 Å². The van der Waals surface area contributed by atoms with E-state index >= 15 is 0 Å². The summed E-state index contributed by atoms with van der Waals surface area (Å²) in [7, 11) is 0. The van der Waals surface area contributed by atoms with Crippen molar-refractivity contribution in [1.29, 1.82) is 0 Å². The number of hydrogen-bond acceptors (Lipinski definition) is 4. The summed E-state index contributed by atoms with van der Waals surface area (Å²) in [5.41, 5.74) is 0.956. The molecule has 0 bridgehead atoms. The highest BCUT2D eigenvalue weighted by Gasteiger charge is 2.24. The van der Waals surface area contributed by atoms with Crippen molar-refractivity contribution in [2.75, 3.05) is 6.61 Å². The standard InChI is InChI=1S/C19H32O4/c1-4-22-19(21)12-10-8-6-5-7-9-11-16-13-17(14-18(16)20)23-15(2)3/h13,15,17H,4-12,14H2,1-3H3. The van der Waals surface area contributed by atoms with Gasteiger partial charge in [0, 0.05) is 12.8 Å². The lowest BCUT2D eigenvalue weighted by Gasteiger charge is -2.11. The third-order valence-electron chi connectivity index (χ3n) is 3.96. The molecule has 0 radical (unpaired) electrons. The van der Waals surface area contributed by atoms with E-state index in [0.717, 1.165) is 50.5 Å². The monoisotopic (exact) mass is 324 g/mol. The van der Waals surface area contributed by atoms with Gasteiger partial charge in [0.15, 0.2) is 5.78 Å². The fraction of sp³-hybridized carbons (Fsp3) is 0.789. The molecule has 0 aliphatic heterocycles. The maximum atomic E-state index is 11.9. The van der Waals surface area contributed by atoms with Crippen molar-refractivity contribution in [2.45, 2.75) is 90.8 Å². The first kappa shape index (κ1) is 19.9. The molecule has 0 saturated carbocycles. The van der Waals surface area contributed by atoms with Crippen LogP contribution in [0.5, 0.6) is 0 Å². The molecular formula is C19H32O4. The van der Waals surface area contributed by atoms with Gasteiger partial charge in [0.05, 0.1) is 18.8 Å². The molecule has 1 aliphatic carbocycles. The average Bonchev–Trinajstić information content (AvgIpc) is 2.81. The van der Waals surface area contributed by atoms with Crippen LogP contribution in [0.3, 0.4) is 0 Å². The molecule has 4 heteroatoms. The Hall–Kier alpha value is -1.16. The molecule has 4 nitrogen and oxygen atoms in total. The van der Waals surface area contributed by atoms with E-state index in [9.17, 15) is 9.59 Å². The third-order valence-corrected chi connectivity index (χ3v) is 3.96. The van der Waals surface area contributed by atoms with Crippen molar-refractivity contribution < 1.29 is 19.1 Å². The van der Waals surface area contributed by atoms with Crippen LogP contribution in [0.2, 0.25) is 0 Å². The smallest absolute Gasteiger partial charge is 0.305 e. The van der Waals surface area contributed by atoms with Crippen LogP contribution < -0.4 is 0 Å². The number of rotatable bonds is 12. The van der Waals surface area contributed by atoms with Crippen LogP contribution in [0.4, 0.5) is 0 Å². The molecule has 0 aromatic carbocycles. The van der Waals surface area contributed by atoms with Crippen LogP contribution >= 0.6 is 0 Å². The second-order valence-corrected chi connectivity index (χ2v) is 6.47. The highest BCUT2D eigenvalue weighted by Crippen LogP contribution is 2.23. The lowest BCUT2D eigenvalue weighted by molar-refractivity contribution is -0.143. The van der Waals surface area contributed by atoms with Crippen molar-refractivity contribution in [3.8, 4) is 0 Å². The topological polar surface area (TPSA) is 52.6 Å². The maximum Gasteiger partial charge on any atom is 0.305 e.